The molecular formula is C32H36N6O4. The molecule has 0 fully saturated rings. The monoisotopic (exact) mass is 568 g/mol. The van der Waals surface area contributed by atoms with Crippen molar-refractivity contribution in [1.29, 1.82) is 0 Å². The highest BCUT2D eigenvalue weighted by Crippen LogP contribution is 2.21. The van der Waals surface area contributed by atoms with Gasteiger partial charge in [-0.25, -0.2) is 9.78 Å². The Labute approximate surface area is 245 Å². The number of carbonyl (C=O) groups is 3. The zero-order chi connectivity index (χ0) is 29.8. The van der Waals surface area contributed by atoms with Crippen LogP contribution in [0.4, 0.5) is 4.79 Å². The first-order chi connectivity index (χ1) is 20.3. The van der Waals surface area contributed by atoms with Crippen LogP contribution in [0.1, 0.15) is 36.2 Å². The molecule has 0 bridgehead atoms. The van der Waals surface area contributed by atoms with Gasteiger partial charge in [0.25, 0.3) is 0 Å². The number of hydrogen-bond acceptors (Lipinski definition) is 6. The normalized spacial score (nSPS) is 11.8. The lowest BCUT2D eigenvalue weighted by molar-refractivity contribution is -0.138. The van der Waals surface area contributed by atoms with Gasteiger partial charge in [-0.2, -0.15) is 0 Å². The molecule has 10 nitrogen and oxygen atoms in total. The average molecular weight is 569 g/mol. The van der Waals surface area contributed by atoms with Crippen molar-refractivity contribution < 1.29 is 19.1 Å². The number of pyridine rings is 1. The molecule has 2 aromatic heterocycles. The van der Waals surface area contributed by atoms with Gasteiger partial charge in [-0.1, -0.05) is 74.5 Å². The summed E-state index contributed by atoms with van der Waals surface area (Å²) in [6, 6.07) is 21.7. The Kier molecular flexibility index (Phi) is 10.4. The quantitative estimate of drug-likeness (QED) is 0.225. The minimum Gasteiger partial charge on any atom is -0.445 e. The number of aromatic nitrogens is 3. The molecule has 0 saturated carbocycles. The van der Waals surface area contributed by atoms with Crippen LogP contribution in [0.3, 0.4) is 0 Å². The molecule has 218 valence electrons. The maximum Gasteiger partial charge on any atom is 0.408 e. The summed E-state index contributed by atoms with van der Waals surface area (Å²) in [6.45, 7) is 4.48. The lowest BCUT2D eigenvalue weighted by atomic mass is 9.84. The Morgan fingerprint density at radius 1 is 0.929 bits per heavy atom. The van der Waals surface area contributed by atoms with E-state index in [0.717, 1.165) is 16.7 Å². The predicted octanol–water partition coefficient (Wildman–Crippen LogP) is 3.77. The fourth-order valence-electron chi connectivity index (χ4n) is 4.40. The summed E-state index contributed by atoms with van der Waals surface area (Å²) in [5, 5.41) is 5.68. The second kappa shape index (κ2) is 14.6. The summed E-state index contributed by atoms with van der Waals surface area (Å²) < 4.78 is 5.39. The van der Waals surface area contributed by atoms with Crippen LogP contribution in [0, 0.1) is 0 Å². The van der Waals surface area contributed by atoms with E-state index in [1.54, 1.807) is 30.7 Å². The van der Waals surface area contributed by atoms with Crippen LogP contribution in [0.2, 0.25) is 0 Å². The van der Waals surface area contributed by atoms with Crippen molar-refractivity contribution in [3.63, 3.8) is 0 Å². The van der Waals surface area contributed by atoms with Crippen LogP contribution < -0.4 is 10.6 Å². The highest BCUT2D eigenvalue weighted by molar-refractivity contribution is 5.89. The molecule has 0 spiro atoms. The third kappa shape index (κ3) is 9.02. The topological polar surface area (TPSA) is 129 Å². The zero-order valence-electron chi connectivity index (χ0n) is 23.8. The molecule has 10 heteroatoms. The number of rotatable bonds is 13. The van der Waals surface area contributed by atoms with Crippen molar-refractivity contribution in [2.75, 3.05) is 13.1 Å². The Hall–Kier alpha value is -4.99. The van der Waals surface area contributed by atoms with Crippen LogP contribution in [0.5, 0.6) is 0 Å². The van der Waals surface area contributed by atoms with Gasteiger partial charge in [0.15, 0.2) is 0 Å². The number of alkyl carbamates (subject to hydrolysis) is 1. The van der Waals surface area contributed by atoms with Gasteiger partial charge >= 0.3 is 6.09 Å². The first-order valence-corrected chi connectivity index (χ1v) is 13.7. The van der Waals surface area contributed by atoms with E-state index in [-0.39, 0.29) is 37.4 Å². The number of imidazole rings is 1. The molecular weight excluding hydrogens is 532 g/mol. The van der Waals surface area contributed by atoms with Crippen molar-refractivity contribution in [2.24, 2.45) is 0 Å². The summed E-state index contributed by atoms with van der Waals surface area (Å²) in [6.07, 6.45) is 5.73. The SMILES string of the molecule is CC(C)(CNC(=O)CN(Cc1ccncc1)C(=O)[C@H](Cc1cnc[nH]1)NC(=O)OCc1ccccc1)c1ccccc1. The van der Waals surface area contributed by atoms with E-state index in [2.05, 4.69) is 25.6 Å². The maximum atomic E-state index is 14.0. The van der Waals surface area contributed by atoms with E-state index in [4.69, 9.17) is 4.74 Å². The Balaban J connectivity index is 1.48. The molecule has 0 aliphatic carbocycles. The van der Waals surface area contributed by atoms with E-state index >= 15 is 0 Å². The third-order valence-corrected chi connectivity index (χ3v) is 6.83. The van der Waals surface area contributed by atoms with Crippen LogP contribution in [-0.2, 0) is 39.3 Å². The Morgan fingerprint density at radius 3 is 2.29 bits per heavy atom. The Bertz CT molecular complexity index is 1410. The fourth-order valence-corrected chi connectivity index (χ4v) is 4.40. The summed E-state index contributed by atoms with van der Waals surface area (Å²) >= 11 is 0. The first-order valence-electron chi connectivity index (χ1n) is 13.7. The largest absolute Gasteiger partial charge is 0.445 e. The molecule has 2 aromatic carbocycles. The van der Waals surface area contributed by atoms with Crippen LogP contribution in [0.25, 0.3) is 0 Å². The summed E-state index contributed by atoms with van der Waals surface area (Å²) in [5.74, 6) is -0.746. The molecule has 0 radical (unpaired) electrons. The number of ether oxygens (including phenoxy) is 1. The van der Waals surface area contributed by atoms with Crippen LogP contribution in [0.15, 0.2) is 97.7 Å². The molecule has 42 heavy (non-hydrogen) atoms. The van der Waals surface area contributed by atoms with E-state index in [9.17, 15) is 14.4 Å². The average Bonchev–Trinajstić information content (AvgIpc) is 3.53. The number of aromatic amines is 1. The van der Waals surface area contributed by atoms with Crippen molar-refractivity contribution in [1.82, 2.24) is 30.5 Å². The molecule has 2 heterocycles. The fraction of sp³-hybridized carbons (Fsp3) is 0.281. The van der Waals surface area contributed by atoms with E-state index in [0.29, 0.717) is 12.2 Å². The van der Waals surface area contributed by atoms with Crippen molar-refractivity contribution >= 4 is 17.9 Å². The number of nitrogens with zero attached hydrogens (tertiary/aromatic N) is 3. The summed E-state index contributed by atoms with van der Waals surface area (Å²) in [7, 11) is 0. The molecule has 1 atom stereocenters. The minimum atomic E-state index is -1.01. The van der Waals surface area contributed by atoms with Gasteiger partial charge < -0.3 is 25.3 Å². The van der Waals surface area contributed by atoms with Gasteiger partial charge in [-0.15, -0.1) is 0 Å². The predicted molar refractivity (Wildman–Crippen MR) is 158 cm³/mol. The van der Waals surface area contributed by atoms with Gasteiger partial charge in [0.05, 0.1) is 12.9 Å². The number of nitrogens with one attached hydrogen (secondary N) is 3. The zero-order valence-corrected chi connectivity index (χ0v) is 23.8. The minimum absolute atomic E-state index is 0.0535. The van der Waals surface area contributed by atoms with E-state index in [1.807, 2.05) is 74.5 Å². The van der Waals surface area contributed by atoms with Gasteiger partial charge in [-0.3, -0.25) is 14.6 Å². The summed E-state index contributed by atoms with van der Waals surface area (Å²) in [5.41, 5.74) is 3.04. The van der Waals surface area contributed by atoms with Gasteiger partial charge in [0.1, 0.15) is 12.6 Å². The van der Waals surface area contributed by atoms with Gasteiger partial charge in [0, 0.05) is 49.2 Å². The first kappa shape index (κ1) is 30.0. The molecule has 3 amide bonds. The molecule has 0 aliphatic rings. The number of hydrogen-bond donors (Lipinski definition) is 3. The van der Waals surface area contributed by atoms with Gasteiger partial charge in [-0.05, 0) is 28.8 Å². The lowest BCUT2D eigenvalue weighted by Crippen LogP contribution is -2.52. The lowest BCUT2D eigenvalue weighted by Gasteiger charge is -2.29. The van der Waals surface area contributed by atoms with Crippen molar-refractivity contribution in [3.05, 3.63) is 120 Å². The molecule has 0 aliphatic heterocycles. The Morgan fingerprint density at radius 2 is 1.62 bits per heavy atom. The number of benzene rings is 2. The smallest absolute Gasteiger partial charge is 0.408 e. The third-order valence-electron chi connectivity index (χ3n) is 6.83. The highest BCUT2D eigenvalue weighted by atomic mass is 16.5. The van der Waals surface area contributed by atoms with E-state index < -0.39 is 18.0 Å². The molecule has 4 rings (SSSR count). The van der Waals surface area contributed by atoms with Crippen LogP contribution in [-0.4, -0.2) is 56.9 Å². The van der Waals surface area contributed by atoms with Crippen molar-refractivity contribution in [3.8, 4) is 0 Å². The molecule has 4 aromatic rings. The maximum absolute atomic E-state index is 14.0. The second-order valence-electron chi connectivity index (χ2n) is 10.6. The molecule has 0 unspecified atom stereocenters. The molecule has 0 saturated heterocycles. The van der Waals surface area contributed by atoms with Crippen molar-refractivity contribution in [2.45, 2.75) is 44.9 Å². The standard InChI is InChI=1S/C32H36N6O4/c1-32(2,26-11-7-4-8-12-26)22-35-29(39)20-38(19-24-13-15-33-16-14-24)30(40)28(17-27-18-34-23-36-27)37-31(41)42-21-25-9-5-3-6-10-25/h3-16,18,23,28H,17,19-22H2,1-2H3,(H,34,36)(H,35,39)(H,37,41)/t28-/m0/s1. The van der Waals surface area contributed by atoms with Gasteiger partial charge in [0.2, 0.25) is 11.8 Å². The second-order valence-corrected chi connectivity index (χ2v) is 10.6. The summed E-state index contributed by atoms with van der Waals surface area (Å²) in [4.78, 5) is 52.4. The number of H-pyrrole nitrogens is 1. The number of amides is 3. The van der Waals surface area contributed by atoms with Crippen LogP contribution >= 0.6 is 0 Å². The highest BCUT2D eigenvalue weighted by Gasteiger charge is 2.30. The molecule has 3 N–H and O–H groups in total. The number of carbonyl (C=O) groups excluding carboxylic acids is 3. The van der Waals surface area contributed by atoms with E-state index in [1.165, 1.54) is 11.2 Å².